The number of ether oxygens (including phenoxy) is 6. The molecule has 2 rings (SSSR count). The summed E-state index contributed by atoms with van der Waals surface area (Å²) in [6, 6.07) is 9.43. The lowest BCUT2D eigenvalue weighted by molar-refractivity contribution is -0.155. The fourth-order valence-electron chi connectivity index (χ4n) is 5.63. The zero-order chi connectivity index (χ0) is 43.9. The first-order valence-electron chi connectivity index (χ1n) is 21.0. The summed E-state index contributed by atoms with van der Waals surface area (Å²) in [6.45, 7) is 7.42. The van der Waals surface area contributed by atoms with E-state index in [0.717, 1.165) is 38.5 Å². The Morgan fingerprint density at radius 2 is 1.20 bits per heavy atom. The zero-order valence-corrected chi connectivity index (χ0v) is 36.5. The number of unbranched alkanes of at least 4 members (excludes halogenated alkanes) is 10. The van der Waals surface area contributed by atoms with Gasteiger partial charge in [-0.2, -0.15) is 0 Å². The van der Waals surface area contributed by atoms with Crippen LogP contribution in [0.3, 0.4) is 0 Å². The van der Waals surface area contributed by atoms with Gasteiger partial charge in [0.1, 0.15) is 24.6 Å². The minimum Gasteiger partial charge on any atom is -0.494 e. The van der Waals surface area contributed by atoms with Gasteiger partial charge in [0.05, 0.1) is 68.2 Å². The first kappa shape index (κ1) is 52.0. The van der Waals surface area contributed by atoms with E-state index in [0.29, 0.717) is 24.5 Å². The molecule has 0 atom stereocenters. The highest BCUT2D eigenvalue weighted by atomic mass is 32.2. The Balaban J connectivity index is 1.49. The lowest BCUT2D eigenvalue weighted by Crippen LogP contribution is -2.31. The molecular formula is C43H67N3O13S. The highest BCUT2D eigenvalue weighted by molar-refractivity contribution is 7.90. The van der Waals surface area contributed by atoms with Crippen molar-refractivity contribution in [3.63, 3.8) is 0 Å². The summed E-state index contributed by atoms with van der Waals surface area (Å²) in [5, 5.41) is 13.8. The summed E-state index contributed by atoms with van der Waals surface area (Å²) in [4.78, 5) is 50.7. The van der Waals surface area contributed by atoms with Crippen molar-refractivity contribution in [2.24, 2.45) is 0 Å². The van der Waals surface area contributed by atoms with Crippen molar-refractivity contribution in [2.75, 3.05) is 72.6 Å². The monoisotopic (exact) mass is 865 g/mol. The van der Waals surface area contributed by atoms with Gasteiger partial charge in [-0.1, -0.05) is 57.8 Å². The highest BCUT2D eigenvalue weighted by Gasteiger charge is 2.18. The summed E-state index contributed by atoms with van der Waals surface area (Å²) < 4.78 is 58.0. The second kappa shape index (κ2) is 30.8. The van der Waals surface area contributed by atoms with Crippen molar-refractivity contribution in [1.82, 2.24) is 15.6 Å². The molecule has 0 aliphatic heterocycles. The number of hydrogen-bond acceptors (Lipinski definition) is 13. The van der Waals surface area contributed by atoms with Crippen molar-refractivity contribution in [1.29, 1.82) is 0 Å². The average Bonchev–Trinajstić information content (AvgIpc) is 3.19. The average molecular weight is 866 g/mol. The van der Waals surface area contributed by atoms with Crippen LogP contribution in [0.25, 0.3) is 0 Å². The van der Waals surface area contributed by atoms with Gasteiger partial charge in [0.25, 0.3) is 5.91 Å². The number of esters is 1. The molecule has 0 radical (unpaired) electrons. The Bertz CT molecular complexity index is 1620. The van der Waals surface area contributed by atoms with Crippen LogP contribution in [0.4, 0.5) is 0 Å². The zero-order valence-electron chi connectivity index (χ0n) is 35.7. The molecule has 3 N–H and O–H groups in total. The molecule has 1 aromatic carbocycles. The molecular weight excluding hydrogens is 799 g/mol. The van der Waals surface area contributed by atoms with Gasteiger partial charge in [-0.3, -0.25) is 19.4 Å². The largest absolute Gasteiger partial charge is 0.494 e. The Hall–Kier alpha value is -4.16. The molecule has 2 aromatic rings. The van der Waals surface area contributed by atoms with E-state index < -0.39 is 21.4 Å². The van der Waals surface area contributed by atoms with Crippen LogP contribution in [0.2, 0.25) is 0 Å². The lowest BCUT2D eigenvalue weighted by atomic mass is 10.1. The fourth-order valence-corrected chi connectivity index (χ4v) is 6.90. The maximum atomic E-state index is 13.0. The van der Waals surface area contributed by atoms with E-state index in [9.17, 15) is 27.6 Å². The van der Waals surface area contributed by atoms with Gasteiger partial charge in [-0.15, -0.1) is 0 Å². The van der Waals surface area contributed by atoms with Crippen molar-refractivity contribution in [2.45, 2.75) is 114 Å². The van der Waals surface area contributed by atoms with Crippen LogP contribution in [0, 0.1) is 0 Å². The number of carboxylic acids is 1. The van der Waals surface area contributed by atoms with E-state index in [1.165, 1.54) is 62.6 Å². The number of nitrogens with zero attached hydrogens (tertiary/aromatic N) is 1. The first-order valence-corrected chi connectivity index (χ1v) is 22.6. The number of carbonyl (C=O) groups excluding carboxylic acids is 3. The molecule has 0 unspecified atom stereocenters. The van der Waals surface area contributed by atoms with E-state index in [2.05, 4.69) is 15.6 Å². The number of pyridine rings is 1. The molecule has 0 aliphatic rings. The molecule has 16 nitrogen and oxygen atoms in total. The third kappa shape index (κ3) is 26.8. The van der Waals surface area contributed by atoms with Crippen LogP contribution in [0.5, 0.6) is 5.75 Å². The van der Waals surface area contributed by atoms with Crippen molar-refractivity contribution < 1.29 is 61.1 Å². The molecule has 60 heavy (non-hydrogen) atoms. The van der Waals surface area contributed by atoms with Crippen molar-refractivity contribution >= 4 is 33.6 Å². The number of hydrogen-bond donors (Lipinski definition) is 3. The molecule has 0 aliphatic carbocycles. The smallest absolute Gasteiger partial charge is 0.329 e. The van der Waals surface area contributed by atoms with Crippen molar-refractivity contribution in [3.8, 4) is 5.75 Å². The third-order valence-electron chi connectivity index (χ3n) is 8.62. The van der Waals surface area contributed by atoms with Gasteiger partial charge < -0.3 is 44.2 Å². The minimum atomic E-state index is -3.67. The van der Waals surface area contributed by atoms with E-state index in [1.807, 2.05) is 20.8 Å². The number of carbonyl (C=O) groups is 4. The highest BCUT2D eigenvalue weighted by Crippen LogP contribution is 2.20. The predicted octanol–water partition coefficient (Wildman–Crippen LogP) is 5.45. The summed E-state index contributed by atoms with van der Waals surface area (Å²) >= 11 is 0. The molecule has 17 heteroatoms. The van der Waals surface area contributed by atoms with E-state index in [-0.39, 0.29) is 99.9 Å². The second-order valence-electron chi connectivity index (χ2n) is 15.2. The quantitative estimate of drug-likeness (QED) is 0.0580. The van der Waals surface area contributed by atoms with E-state index in [4.69, 9.17) is 33.5 Å². The minimum absolute atomic E-state index is 0.106. The Morgan fingerprint density at radius 1 is 0.650 bits per heavy atom. The van der Waals surface area contributed by atoms with E-state index in [1.54, 1.807) is 12.1 Å². The van der Waals surface area contributed by atoms with Crippen LogP contribution in [0.1, 0.15) is 114 Å². The number of amides is 2. The maximum absolute atomic E-state index is 13.0. The van der Waals surface area contributed by atoms with Gasteiger partial charge in [0.15, 0.2) is 9.84 Å². The summed E-state index contributed by atoms with van der Waals surface area (Å²) in [7, 11) is -3.67. The second-order valence-corrected chi connectivity index (χ2v) is 17.2. The molecule has 0 saturated carbocycles. The lowest BCUT2D eigenvalue weighted by Gasteiger charge is -2.19. The van der Waals surface area contributed by atoms with Crippen LogP contribution in [-0.4, -0.2) is 120 Å². The predicted molar refractivity (Wildman–Crippen MR) is 225 cm³/mol. The van der Waals surface area contributed by atoms with Crippen LogP contribution < -0.4 is 15.4 Å². The Labute approximate surface area is 355 Å². The van der Waals surface area contributed by atoms with Crippen LogP contribution in [0.15, 0.2) is 47.5 Å². The Morgan fingerprint density at radius 3 is 1.77 bits per heavy atom. The molecule has 338 valence electrons. The van der Waals surface area contributed by atoms with Crippen LogP contribution in [-0.2, 0) is 53.7 Å². The number of rotatable bonds is 35. The van der Waals surface area contributed by atoms with Gasteiger partial charge in [-0.05, 0) is 70.0 Å². The normalized spacial score (nSPS) is 11.6. The molecule has 2 amide bonds. The fraction of sp³-hybridized carbons (Fsp3) is 0.651. The molecule has 0 spiro atoms. The number of benzene rings is 1. The number of aliphatic carboxylic acids is 1. The number of carboxylic acid groups (broad SMARTS) is 1. The van der Waals surface area contributed by atoms with E-state index >= 15 is 0 Å². The standard InChI is InChI=1S/C43H67N3O13S/c1-43(2,3)59-41(50)15-13-11-9-7-5-4-6-8-10-12-14-24-58-37-18-20-38(21-19-37)60(52,53)34-36-17-16-35(31-46-36)42(51)45-23-26-55-27-29-56-32-39(47)44-22-25-54-28-30-57-33-40(48)49/h16-21,31H,4-15,22-30,32-34H2,1-3H3,(H,44,47)(H,45,51)(H,48,49). The summed E-state index contributed by atoms with van der Waals surface area (Å²) in [6.07, 6.45) is 14.2. The number of aromatic nitrogens is 1. The molecule has 0 fully saturated rings. The Kier molecular flexibility index (Phi) is 26.7. The first-order chi connectivity index (χ1) is 28.7. The molecule has 0 saturated heterocycles. The maximum Gasteiger partial charge on any atom is 0.329 e. The SMILES string of the molecule is CC(C)(C)OC(=O)CCCCCCCCCCCCCOc1ccc(S(=O)(=O)Cc2ccc(C(=O)NCCOCCOCC(=O)NCCOCCOCC(=O)O)cn2)cc1. The third-order valence-corrected chi connectivity index (χ3v) is 10.3. The van der Waals surface area contributed by atoms with Crippen LogP contribution >= 0.6 is 0 Å². The summed E-state index contributed by atoms with van der Waals surface area (Å²) in [5.41, 5.74) is 0.177. The molecule has 0 bridgehead atoms. The van der Waals surface area contributed by atoms with Gasteiger partial charge >= 0.3 is 11.9 Å². The van der Waals surface area contributed by atoms with Gasteiger partial charge in [-0.25, -0.2) is 13.2 Å². The van der Waals surface area contributed by atoms with Crippen molar-refractivity contribution in [3.05, 3.63) is 53.9 Å². The molecule has 1 aromatic heterocycles. The number of nitrogens with one attached hydrogen (secondary N) is 2. The number of sulfone groups is 1. The van der Waals surface area contributed by atoms with Gasteiger partial charge in [0.2, 0.25) is 5.91 Å². The summed E-state index contributed by atoms with van der Waals surface area (Å²) in [5.74, 6) is -1.56. The molecule has 1 heterocycles. The van der Waals surface area contributed by atoms with Gasteiger partial charge in [0, 0.05) is 25.7 Å². The topological polar surface area (TPSA) is 215 Å².